The van der Waals surface area contributed by atoms with Crippen LogP contribution in [0.2, 0.25) is 0 Å². The molecular formula is C14H20N2O4. The minimum atomic E-state index is -0.170. The minimum Gasteiger partial charge on any atom is -0.504 e. The molecule has 1 aromatic carbocycles. The van der Waals surface area contributed by atoms with Crippen LogP contribution in [-0.2, 0) is 4.74 Å². The lowest BCUT2D eigenvalue weighted by Crippen LogP contribution is -2.41. The monoisotopic (exact) mass is 280 g/mol. The van der Waals surface area contributed by atoms with Crippen LogP contribution in [0.25, 0.3) is 0 Å². The first-order valence-electron chi connectivity index (χ1n) is 6.66. The number of rotatable bonds is 5. The number of phenolic OH excluding ortho intramolecular Hbond substituents is 1. The summed E-state index contributed by atoms with van der Waals surface area (Å²) in [6, 6.07) is 4.55. The van der Waals surface area contributed by atoms with Gasteiger partial charge in [-0.1, -0.05) is 0 Å². The Hall–Kier alpha value is -1.79. The highest BCUT2D eigenvalue weighted by Crippen LogP contribution is 2.26. The summed E-state index contributed by atoms with van der Waals surface area (Å²) >= 11 is 0. The van der Waals surface area contributed by atoms with E-state index in [9.17, 15) is 9.90 Å². The lowest BCUT2D eigenvalue weighted by molar-refractivity contribution is 0.0383. The van der Waals surface area contributed by atoms with E-state index in [1.807, 2.05) is 0 Å². The molecule has 1 fully saturated rings. The maximum absolute atomic E-state index is 12.0. The van der Waals surface area contributed by atoms with Crippen molar-refractivity contribution in [2.75, 3.05) is 46.5 Å². The van der Waals surface area contributed by atoms with Gasteiger partial charge in [0.05, 0.1) is 20.3 Å². The summed E-state index contributed by atoms with van der Waals surface area (Å²) in [6.45, 7) is 4.71. The van der Waals surface area contributed by atoms with Gasteiger partial charge >= 0.3 is 0 Å². The van der Waals surface area contributed by atoms with E-state index in [1.54, 1.807) is 6.07 Å². The van der Waals surface area contributed by atoms with Crippen LogP contribution in [0.3, 0.4) is 0 Å². The summed E-state index contributed by atoms with van der Waals surface area (Å²) in [5.41, 5.74) is 0.474. The summed E-state index contributed by atoms with van der Waals surface area (Å²) in [5, 5.41) is 12.3. The van der Waals surface area contributed by atoms with Gasteiger partial charge in [0.25, 0.3) is 5.91 Å². The molecule has 1 amide bonds. The zero-order valence-corrected chi connectivity index (χ0v) is 11.6. The second-order valence-corrected chi connectivity index (χ2v) is 4.60. The molecule has 0 atom stereocenters. The van der Waals surface area contributed by atoms with Crippen molar-refractivity contribution in [3.05, 3.63) is 23.8 Å². The molecule has 1 aliphatic rings. The van der Waals surface area contributed by atoms with Crippen LogP contribution < -0.4 is 10.1 Å². The van der Waals surface area contributed by atoms with Gasteiger partial charge in [0, 0.05) is 31.7 Å². The maximum atomic E-state index is 12.0. The van der Waals surface area contributed by atoms with E-state index in [0.717, 1.165) is 32.8 Å². The Bertz CT molecular complexity index is 458. The molecule has 2 N–H and O–H groups in total. The second kappa shape index (κ2) is 7.12. The summed E-state index contributed by atoms with van der Waals surface area (Å²) in [5.74, 6) is 0.153. The number of aromatic hydroxyl groups is 1. The van der Waals surface area contributed by atoms with Gasteiger partial charge in [-0.15, -0.1) is 0 Å². The number of nitrogens with one attached hydrogen (secondary N) is 1. The lowest BCUT2D eigenvalue weighted by Gasteiger charge is -2.26. The molecule has 6 nitrogen and oxygen atoms in total. The zero-order chi connectivity index (χ0) is 14.4. The third-order valence-electron chi connectivity index (χ3n) is 3.26. The van der Waals surface area contributed by atoms with Crippen LogP contribution in [0.1, 0.15) is 10.4 Å². The molecule has 0 spiro atoms. The fraction of sp³-hybridized carbons (Fsp3) is 0.500. The summed E-state index contributed by atoms with van der Waals surface area (Å²) in [7, 11) is 1.45. The number of ether oxygens (including phenoxy) is 2. The maximum Gasteiger partial charge on any atom is 0.251 e. The van der Waals surface area contributed by atoms with E-state index in [-0.39, 0.29) is 11.7 Å². The van der Waals surface area contributed by atoms with E-state index >= 15 is 0 Å². The third kappa shape index (κ3) is 3.85. The molecule has 1 aliphatic heterocycles. The highest BCUT2D eigenvalue weighted by atomic mass is 16.5. The van der Waals surface area contributed by atoms with Gasteiger partial charge in [0.1, 0.15) is 0 Å². The molecule has 20 heavy (non-hydrogen) atoms. The third-order valence-corrected chi connectivity index (χ3v) is 3.26. The molecular weight excluding hydrogens is 260 g/mol. The van der Waals surface area contributed by atoms with Crippen LogP contribution in [0.15, 0.2) is 18.2 Å². The largest absolute Gasteiger partial charge is 0.504 e. The molecule has 0 aliphatic carbocycles. The molecule has 6 heteroatoms. The molecule has 0 bridgehead atoms. The van der Waals surface area contributed by atoms with Gasteiger partial charge < -0.3 is 19.9 Å². The molecule has 2 rings (SSSR count). The lowest BCUT2D eigenvalue weighted by atomic mass is 10.2. The number of hydrogen-bond donors (Lipinski definition) is 2. The van der Waals surface area contributed by atoms with E-state index in [4.69, 9.17) is 9.47 Å². The van der Waals surface area contributed by atoms with E-state index < -0.39 is 0 Å². The van der Waals surface area contributed by atoms with E-state index in [0.29, 0.717) is 17.9 Å². The van der Waals surface area contributed by atoms with Gasteiger partial charge in [-0.3, -0.25) is 9.69 Å². The average molecular weight is 280 g/mol. The highest BCUT2D eigenvalue weighted by Gasteiger charge is 2.12. The number of carbonyl (C=O) groups is 1. The van der Waals surface area contributed by atoms with Crippen LogP contribution in [0.5, 0.6) is 11.5 Å². The van der Waals surface area contributed by atoms with Crippen molar-refractivity contribution >= 4 is 5.91 Å². The Kier molecular flexibility index (Phi) is 5.20. The first-order valence-corrected chi connectivity index (χ1v) is 6.66. The Morgan fingerprint density at radius 2 is 2.20 bits per heavy atom. The number of methoxy groups -OCH3 is 1. The predicted octanol–water partition coefficient (Wildman–Crippen LogP) is 0.463. The first kappa shape index (κ1) is 14.6. The van der Waals surface area contributed by atoms with Crippen molar-refractivity contribution in [3.8, 4) is 11.5 Å². The predicted molar refractivity (Wildman–Crippen MR) is 74.3 cm³/mol. The molecule has 0 unspecified atom stereocenters. The Labute approximate surface area is 118 Å². The summed E-state index contributed by atoms with van der Waals surface area (Å²) in [4.78, 5) is 14.2. The smallest absolute Gasteiger partial charge is 0.251 e. The Morgan fingerprint density at radius 3 is 2.90 bits per heavy atom. The summed E-state index contributed by atoms with van der Waals surface area (Å²) in [6.07, 6.45) is 0. The van der Waals surface area contributed by atoms with E-state index in [1.165, 1.54) is 19.2 Å². The number of morpholine rings is 1. The van der Waals surface area contributed by atoms with Gasteiger partial charge in [-0.2, -0.15) is 0 Å². The molecule has 0 aromatic heterocycles. The topological polar surface area (TPSA) is 71.0 Å². The first-order chi connectivity index (χ1) is 9.70. The molecule has 1 aromatic rings. The molecule has 1 saturated heterocycles. The fourth-order valence-corrected chi connectivity index (χ4v) is 2.07. The standard InChI is InChI=1S/C14H20N2O4/c1-19-13-10-11(2-3-12(13)17)14(18)15-4-5-16-6-8-20-9-7-16/h2-3,10,17H,4-9H2,1H3,(H,15,18). The van der Waals surface area contributed by atoms with Crippen LogP contribution >= 0.6 is 0 Å². The quantitative estimate of drug-likeness (QED) is 0.820. The second-order valence-electron chi connectivity index (χ2n) is 4.60. The van der Waals surface area contributed by atoms with Crippen LogP contribution in [0.4, 0.5) is 0 Å². The highest BCUT2D eigenvalue weighted by molar-refractivity contribution is 5.94. The Balaban J connectivity index is 1.82. The molecule has 1 heterocycles. The van der Waals surface area contributed by atoms with Crippen molar-refractivity contribution in [2.24, 2.45) is 0 Å². The van der Waals surface area contributed by atoms with E-state index in [2.05, 4.69) is 10.2 Å². The fourth-order valence-electron chi connectivity index (χ4n) is 2.07. The van der Waals surface area contributed by atoms with Crippen LogP contribution in [0, 0.1) is 0 Å². The van der Waals surface area contributed by atoms with Crippen molar-refractivity contribution in [3.63, 3.8) is 0 Å². The summed E-state index contributed by atoms with van der Waals surface area (Å²) < 4.78 is 10.2. The van der Waals surface area contributed by atoms with Gasteiger partial charge in [-0.05, 0) is 18.2 Å². The number of hydrogen-bond acceptors (Lipinski definition) is 5. The minimum absolute atomic E-state index is 0.0253. The van der Waals surface area contributed by atoms with Crippen LogP contribution in [-0.4, -0.2) is 62.4 Å². The molecule has 110 valence electrons. The number of nitrogens with zero attached hydrogens (tertiary/aromatic N) is 1. The average Bonchev–Trinajstić information content (AvgIpc) is 2.48. The van der Waals surface area contributed by atoms with Crippen molar-refractivity contribution in [2.45, 2.75) is 0 Å². The number of benzene rings is 1. The number of carbonyl (C=O) groups excluding carboxylic acids is 1. The Morgan fingerprint density at radius 1 is 1.45 bits per heavy atom. The van der Waals surface area contributed by atoms with Crippen molar-refractivity contribution < 1.29 is 19.4 Å². The van der Waals surface area contributed by atoms with Gasteiger partial charge in [0.2, 0.25) is 0 Å². The number of amides is 1. The normalized spacial score (nSPS) is 15.8. The SMILES string of the molecule is COc1cc(C(=O)NCCN2CCOCC2)ccc1O. The van der Waals surface area contributed by atoms with Crippen molar-refractivity contribution in [1.29, 1.82) is 0 Å². The molecule has 0 radical (unpaired) electrons. The zero-order valence-electron chi connectivity index (χ0n) is 11.6. The van der Waals surface area contributed by atoms with Gasteiger partial charge in [-0.25, -0.2) is 0 Å². The van der Waals surface area contributed by atoms with Crippen molar-refractivity contribution in [1.82, 2.24) is 10.2 Å². The molecule has 0 saturated carbocycles. The number of phenols is 1. The van der Waals surface area contributed by atoms with Gasteiger partial charge in [0.15, 0.2) is 11.5 Å².